The van der Waals surface area contributed by atoms with Crippen LogP contribution < -0.4 is 0 Å². The van der Waals surface area contributed by atoms with Gasteiger partial charge in [0.15, 0.2) is 0 Å². The number of likely N-dealkylation sites (tertiary alicyclic amines) is 2. The minimum absolute atomic E-state index is 0.0366. The van der Waals surface area contributed by atoms with Crippen molar-refractivity contribution in [1.82, 2.24) is 14.7 Å². The molecular formula is C19H27N3O3S. The molecule has 0 unspecified atom stereocenters. The molecule has 0 aromatic carbocycles. The largest absolute Gasteiger partial charge is 0.442 e. The number of nitrogens with zero attached hydrogens (tertiary/aromatic N) is 3. The van der Waals surface area contributed by atoms with Gasteiger partial charge in [-0.2, -0.15) is 0 Å². The number of rotatable bonds is 4. The summed E-state index contributed by atoms with van der Waals surface area (Å²) in [6.45, 7) is 8.20. The molecule has 142 valence electrons. The highest BCUT2D eigenvalue weighted by molar-refractivity contribution is 7.11. The average molecular weight is 378 g/mol. The van der Waals surface area contributed by atoms with Crippen molar-refractivity contribution in [1.29, 1.82) is 0 Å². The summed E-state index contributed by atoms with van der Waals surface area (Å²) in [5.41, 5.74) is 0. The molecule has 3 aliphatic rings. The summed E-state index contributed by atoms with van der Waals surface area (Å²) in [5.74, 6) is 0.149. The summed E-state index contributed by atoms with van der Waals surface area (Å²) in [4.78, 5) is 33.4. The van der Waals surface area contributed by atoms with Crippen molar-refractivity contribution in [2.45, 2.75) is 57.8 Å². The lowest BCUT2D eigenvalue weighted by Gasteiger charge is -2.37. The molecular weight excluding hydrogens is 350 g/mol. The molecule has 2 atom stereocenters. The molecule has 0 N–H and O–H groups in total. The molecule has 0 saturated carbocycles. The smallest absolute Gasteiger partial charge is 0.410 e. The predicted octanol–water partition coefficient (Wildman–Crippen LogP) is 2.46. The summed E-state index contributed by atoms with van der Waals surface area (Å²) in [7, 11) is 0. The van der Waals surface area contributed by atoms with E-state index in [1.807, 2.05) is 28.1 Å². The molecule has 7 heteroatoms. The first-order chi connectivity index (χ1) is 12.5. The first-order valence-electron chi connectivity index (χ1n) is 9.59. The zero-order chi connectivity index (χ0) is 18.3. The van der Waals surface area contributed by atoms with E-state index in [0.717, 1.165) is 32.5 Å². The van der Waals surface area contributed by atoms with Gasteiger partial charge in [-0.25, -0.2) is 4.79 Å². The molecule has 6 nitrogen and oxygen atoms in total. The van der Waals surface area contributed by atoms with Gasteiger partial charge in [0.05, 0.1) is 12.6 Å². The molecule has 2 amide bonds. The number of hydrogen-bond acceptors (Lipinski definition) is 5. The van der Waals surface area contributed by atoms with Crippen molar-refractivity contribution in [2.24, 2.45) is 0 Å². The summed E-state index contributed by atoms with van der Waals surface area (Å²) in [5, 5.41) is 0. The van der Waals surface area contributed by atoms with Gasteiger partial charge in [0.1, 0.15) is 6.10 Å². The van der Waals surface area contributed by atoms with Crippen LogP contribution >= 0.6 is 11.3 Å². The number of thiophene rings is 1. The Labute approximate surface area is 158 Å². The molecule has 3 fully saturated rings. The Bertz CT molecular complexity index is 683. The Morgan fingerprint density at radius 3 is 2.69 bits per heavy atom. The second-order valence-electron chi connectivity index (χ2n) is 7.57. The van der Waals surface area contributed by atoms with E-state index in [9.17, 15) is 9.59 Å². The maximum absolute atomic E-state index is 12.4. The molecule has 3 aliphatic heterocycles. The lowest BCUT2D eigenvalue weighted by Crippen LogP contribution is -2.50. The number of aryl methyl sites for hydroxylation is 1. The van der Waals surface area contributed by atoms with Crippen LogP contribution in [0, 0.1) is 6.92 Å². The second-order valence-corrected chi connectivity index (χ2v) is 8.94. The second kappa shape index (κ2) is 7.19. The van der Waals surface area contributed by atoms with Crippen LogP contribution in [0.1, 0.15) is 35.9 Å². The topological polar surface area (TPSA) is 53.1 Å². The molecule has 3 saturated heterocycles. The SMILES string of the molecule is CCC(=O)N1C[C@@H]2OC(=O)N(C3CCN(Cc4ccc(C)s4)CC3)[C@@H]2C1. The standard InChI is InChI=1S/C19H27N3O3S/c1-3-18(23)21-11-16-17(12-21)25-19(24)22(16)14-6-8-20(9-7-14)10-15-5-4-13(2)26-15/h4-5,14,16-17H,3,6-12H2,1-2H3/t16-,17+/m1/s1. The van der Waals surface area contributed by atoms with Gasteiger partial charge in [-0.1, -0.05) is 6.92 Å². The van der Waals surface area contributed by atoms with Crippen molar-refractivity contribution >= 4 is 23.3 Å². The number of ether oxygens (including phenoxy) is 1. The summed E-state index contributed by atoms with van der Waals surface area (Å²) >= 11 is 1.86. The average Bonchev–Trinajstić information content (AvgIpc) is 3.29. The zero-order valence-electron chi connectivity index (χ0n) is 15.5. The Kier molecular flexibility index (Phi) is 4.92. The Balaban J connectivity index is 1.35. The lowest BCUT2D eigenvalue weighted by molar-refractivity contribution is -0.130. The van der Waals surface area contributed by atoms with Crippen molar-refractivity contribution in [3.63, 3.8) is 0 Å². The van der Waals surface area contributed by atoms with Gasteiger partial charge in [-0.3, -0.25) is 14.6 Å². The number of carbonyl (C=O) groups excluding carboxylic acids is 2. The van der Waals surface area contributed by atoms with Gasteiger partial charge in [0.25, 0.3) is 0 Å². The van der Waals surface area contributed by atoms with Crippen molar-refractivity contribution in [2.75, 3.05) is 26.2 Å². The molecule has 4 rings (SSSR count). The molecule has 4 heterocycles. The van der Waals surface area contributed by atoms with E-state index in [1.165, 1.54) is 9.75 Å². The molecule has 1 aromatic rings. The number of carbonyl (C=O) groups is 2. The van der Waals surface area contributed by atoms with E-state index in [1.54, 1.807) is 0 Å². The Hall–Kier alpha value is -1.60. The highest BCUT2D eigenvalue weighted by Crippen LogP contribution is 2.32. The summed E-state index contributed by atoms with van der Waals surface area (Å²) in [6.07, 6.45) is 2.13. The molecule has 0 spiro atoms. The van der Waals surface area contributed by atoms with Crippen LogP contribution in [-0.4, -0.2) is 71.1 Å². The van der Waals surface area contributed by atoms with Crippen LogP contribution in [-0.2, 0) is 16.1 Å². The fourth-order valence-corrected chi connectivity index (χ4v) is 5.39. The summed E-state index contributed by atoms with van der Waals surface area (Å²) in [6, 6.07) is 4.66. The van der Waals surface area contributed by atoms with E-state index < -0.39 is 0 Å². The summed E-state index contributed by atoms with van der Waals surface area (Å²) < 4.78 is 5.58. The minimum Gasteiger partial charge on any atom is -0.442 e. The normalized spacial score (nSPS) is 27.1. The Morgan fingerprint density at radius 2 is 2.04 bits per heavy atom. The highest BCUT2D eigenvalue weighted by Gasteiger charge is 2.51. The quantitative estimate of drug-likeness (QED) is 0.809. The van der Waals surface area contributed by atoms with E-state index in [-0.39, 0.29) is 30.2 Å². The van der Waals surface area contributed by atoms with Crippen LogP contribution in [0.5, 0.6) is 0 Å². The molecule has 26 heavy (non-hydrogen) atoms. The minimum atomic E-state index is -0.184. The number of amides is 2. The van der Waals surface area contributed by atoms with Crippen molar-refractivity contribution < 1.29 is 14.3 Å². The van der Waals surface area contributed by atoms with Crippen LogP contribution in [0.15, 0.2) is 12.1 Å². The molecule has 0 radical (unpaired) electrons. The third-order valence-electron chi connectivity index (χ3n) is 5.84. The maximum atomic E-state index is 12.4. The van der Waals surface area contributed by atoms with Crippen LogP contribution in [0.2, 0.25) is 0 Å². The monoisotopic (exact) mass is 377 g/mol. The third-order valence-corrected chi connectivity index (χ3v) is 6.82. The fraction of sp³-hybridized carbons (Fsp3) is 0.684. The van der Waals surface area contributed by atoms with Gasteiger partial charge >= 0.3 is 6.09 Å². The van der Waals surface area contributed by atoms with E-state index in [4.69, 9.17) is 4.74 Å². The Morgan fingerprint density at radius 1 is 1.27 bits per heavy atom. The molecule has 0 bridgehead atoms. The van der Waals surface area contributed by atoms with Crippen molar-refractivity contribution in [3.8, 4) is 0 Å². The fourth-order valence-electron chi connectivity index (χ4n) is 4.46. The number of hydrogen-bond donors (Lipinski definition) is 0. The van der Waals surface area contributed by atoms with Gasteiger partial charge in [0.2, 0.25) is 5.91 Å². The zero-order valence-corrected chi connectivity index (χ0v) is 16.3. The van der Waals surface area contributed by atoms with Gasteiger partial charge in [-0.05, 0) is 31.9 Å². The maximum Gasteiger partial charge on any atom is 0.410 e. The number of fused-ring (bicyclic) bond motifs is 1. The van der Waals surface area contributed by atoms with Gasteiger partial charge in [-0.15, -0.1) is 11.3 Å². The number of piperidine rings is 1. The van der Waals surface area contributed by atoms with Crippen LogP contribution in [0.4, 0.5) is 4.79 Å². The van der Waals surface area contributed by atoms with E-state index in [2.05, 4.69) is 24.0 Å². The van der Waals surface area contributed by atoms with Gasteiger partial charge < -0.3 is 9.64 Å². The van der Waals surface area contributed by atoms with E-state index >= 15 is 0 Å². The van der Waals surface area contributed by atoms with Crippen molar-refractivity contribution in [3.05, 3.63) is 21.9 Å². The third kappa shape index (κ3) is 3.34. The predicted molar refractivity (Wildman–Crippen MR) is 100 cm³/mol. The highest BCUT2D eigenvalue weighted by atomic mass is 32.1. The van der Waals surface area contributed by atoms with E-state index in [0.29, 0.717) is 19.5 Å². The molecule has 0 aliphatic carbocycles. The lowest BCUT2D eigenvalue weighted by atomic mass is 10.0. The molecule has 1 aromatic heterocycles. The van der Waals surface area contributed by atoms with Crippen LogP contribution in [0.3, 0.4) is 0 Å². The van der Waals surface area contributed by atoms with Crippen LogP contribution in [0.25, 0.3) is 0 Å². The first-order valence-corrected chi connectivity index (χ1v) is 10.4. The first kappa shape index (κ1) is 17.8. The van der Waals surface area contributed by atoms with Gasteiger partial charge in [0, 0.05) is 48.4 Å².